The van der Waals surface area contributed by atoms with Gasteiger partial charge in [0.15, 0.2) is 6.73 Å². The van der Waals surface area contributed by atoms with E-state index in [4.69, 9.17) is 16.3 Å². The summed E-state index contributed by atoms with van der Waals surface area (Å²) in [5.74, 6) is 0.427. The lowest BCUT2D eigenvalue weighted by Crippen LogP contribution is -2.54. The average molecular weight is 372 g/mol. The van der Waals surface area contributed by atoms with Gasteiger partial charge >= 0.3 is 0 Å². The van der Waals surface area contributed by atoms with E-state index in [0.717, 1.165) is 5.56 Å². The molecular formula is C21H22ClNO3. The van der Waals surface area contributed by atoms with Gasteiger partial charge in [0.25, 0.3) is 5.91 Å². The largest absolute Gasteiger partial charge is 0.477 e. The van der Waals surface area contributed by atoms with Crippen molar-refractivity contribution in [1.29, 1.82) is 0 Å². The number of allylic oxidation sites excluding steroid dienone is 1. The number of carbonyl (C=O) groups is 1. The molecule has 1 atom stereocenters. The Labute approximate surface area is 158 Å². The van der Waals surface area contributed by atoms with Crippen LogP contribution in [-0.2, 0) is 9.53 Å². The van der Waals surface area contributed by atoms with Crippen molar-refractivity contribution in [3.63, 3.8) is 0 Å². The summed E-state index contributed by atoms with van der Waals surface area (Å²) in [5.41, 5.74) is 1.08. The summed E-state index contributed by atoms with van der Waals surface area (Å²) < 4.78 is 5.77. The van der Waals surface area contributed by atoms with Crippen LogP contribution in [0.4, 0.5) is 0 Å². The molecule has 1 aliphatic heterocycles. The second-order valence-corrected chi connectivity index (χ2v) is 7.35. The van der Waals surface area contributed by atoms with Crippen molar-refractivity contribution in [3.05, 3.63) is 76.5 Å². The molecule has 0 spiro atoms. The molecule has 4 nitrogen and oxygen atoms in total. The molecule has 0 saturated heterocycles. The number of nitrogens with zero attached hydrogens (tertiary/aromatic N) is 1. The van der Waals surface area contributed by atoms with Gasteiger partial charge in [-0.25, -0.2) is 0 Å². The maximum absolute atomic E-state index is 13.2. The Morgan fingerprint density at radius 2 is 1.85 bits per heavy atom. The molecule has 1 N–H and O–H groups in total. The second-order valence-electron chi connectivity index (χ2n) is 6.92. The van der Waals surface area contributed by atoms with E-state index in [9.17, 15) is 9.90 Å². The summed E-state index contributed by atoms with van der Waals surface area (Å²) in [5, 5.41) is 11.5. The Hall–Kier alpha value is -2.30. The van der Waals surface area contributed by atoms with E-state index >= 15 is 0 Å². The first-order valence-corrected chi connectivity index (χ1v) is 8.84. The molecule has 2 aromatic carbocycles. The number of aliphatic hydroxyl groups excluding tert-OH is 1. The predicted molar refractivity (Wildman–Crippen MR) is 102 cm³/mol. The van der Waals surface area contributed by atoms with E-state index in [1.54, 1.807) is 36.1 Å². The van der Waals surface area contributed by atoms with E-state index in [0.29, 0.717) is 21.9 Å². The third-order valence-corrected chi connectivity index (χ3v) is 5.05. The molecule has 2 aromatic rings. The second kappa shape index (κ2) is 7.14. The number of rotatable bonds is 4. The highest BCUT2D eigenvalue weighted by atomic mass is 35.5. The Balaban J connectivity index is 1.95. The van der Waals surface area contributed by atoms with Crippen LogP contribution >= 0.6 is 11.6 Å². The molecule has 1 aliphatic rings. The molecule has 5 heteroatoms. The molecule has 0 aliphatic carbocycles. The highest BCUT2D eigenvalue weighted by molar-refractivity contribution is 6.30. The summed E-state index contributed by atoms with van der Waals surface area (Å²) >= 11 is 6.05. The van der Waals surface area contributed by atoms with E-state index in [1.165, 1.54) is 0 Å². The minimum absolute atomic E-state index is 0.0889. The topological polar surface area (TPSA) is 49.8 Å². The fourth-order valence-electron chi connectivity index (χ4n) is 3.17. The van der Waals surface area contributed by atoms with Gasteiger partial charge in [0.1, 0.15) is 11.9 Å². The predicted octanol–water partition coefficient (Wildman–Crippen LogP) is 4.40. The number of aliphatic hydroxyl groups is 1. The van der Waals surface area contributed by atoms with Crippen LogP contribution in [-0.4, -0.2) is 28.2 Å². The van der Waals surface area contributed by atoms with Crippen LogP contribution in [0.3, 0.4) is 0 Å². The van der Waals surface area contributed by atoms with Crippen LogP contribution < -0.4 is 0 Å². The third kappa shape index (κ3) is 3.35. The fraction of sp³-hybridized carbons (Fsp3) is 0.286. The Bertz CT molecular complexity index is 845. The van der Waals surface area contributed by atoms with Crippen molar-refractivity contribution in [2.45, 2.75) is 32.4 Å². The number of ether oxygens (including phenoxy) is 1. The van der Waals surface area contributed by atoms with Crippen LogP contribution in [0.15, 0.2) is 60.4 Å². The number of carbonyl (C=O) groups excluding carboxylic acids is 1. The van der Waals surface area contributed by atoms with Crippen molar-refractivity contribution >= 4 is 23.1 Å². The summed E-state index contributed by atoms with van der Waals surface area (Å²) in [4.78, 5) is 14.8. The van der Waals surface area contributed by atoms with Crippen molar-refractivity contribution < 1.29 is 14.6 Å². The first-order valence-electron chi connectivity index (χ1n) is 8.47. The first kappa shape index (κ1) is 18.5. The summed E-state index contributed by atoms with van der Waals surface area (Å²) in [7, 11) is 0. The van der Waals surface area contributed by atoms with Gasteiger partial charge in [-0.15, -0.1) is 0 Å². The minimum Gasteiger partial charge on any atom is -0.477 e. The summed E-state index contributed by atoms with van der Waals surface area (Å²) in [6, 6.07) is 16.5. The normalized spacial score (nSPS) is 16.5. The van der Waals surface area contributed by atoms with Gasteiger partial charge < -0.3 is 9.84 Å². The summed E-state index contributed by atoms with van der Waals surface area (Å²) in [6.07, 6.45) is -0.913. The molecule has 0 saturated carbocycles. The maximum atomic E-state index is 13.2. The molecule has 0 fully saturated rings. The zero-order valence-electron chi connectivity index (χ0n) is 15.1. The minimum atomic E-state index is -0.913. The van der Waals surface area contributed by atoms with Gasteiger partial charge in [0.2, 0.25) is 0 Å². The molecule has 1 amide bonds. The number of hydrogen-bond donors (Lipinski definition) is 1. The molecule has 1 heterocycles. The number of hydrogen-bond acceptors (Lipinski definition) is 3. The molecule has 0 aromatic heterocycles. The van der Waals surface area contributed by atoms with Crippen LogP contribution in [0, 0.1) is 0 Å². The number of amides is 1. The smallest absolute Gasteiger partial charge is 0.261 e. The quantitative estimate of drug-likeness (QED) is 0.866. The zero-order chi connectivity index (χ0) is 18.9. The van der Waals surface area contributed by atoms with Crippen molar-refractivity contribution in [2.24, 2.45) is 0 Å². The first-order chi connectivity index (χ1) is 12.3. The molecule has 3 rings (SSSR count). The van der Waals surface area contributed by atoms with Gasteiger partial charge in [-0.05, 0) is 44.0 Å². The molecule has 0 bridgehead atoms. The van der Waals surface area contributed by atoms with Crippen LogP contribution in [0.25, 0.3) is 5.57 Å². The van der Waals surface area contributed by atoms with E-state index in [1.807, 2.05) is 44.2 Å². The average Bonchev–Trinajstić information content (AvgIpc) is 2.61. The summed E-state index contributed by atoms with van der Waals surface area (Å²) in [6.45, 7) is 5.52. The zero-order valence-corrected chi connectivity index (χ0v) is 15.8. The number of halogens is 1. The third-order valence-electron chi connectivity index (χ3n) is 4.81. The van der Waals surface area contributed by atoms with Gasteiger partial charge in [-0.2, -0.15) is 0 Å². The Morgan fingerprint density at radius 3 is 2.50 bits per heavy atom. The van der Waals surface area contributed by atoms with Gasteiger partial charge in [0, 0.05) is 5.02 Å². The fourth-order valence-corrected chi connectivity index (χ4v) is 3.37. The SMILES string of the molecule is CC1=C(c2ccccc2)C(=O)N(C(C)(C)C(O)c2cccc(Cl)c2)CO1. The van der Waals surface area contributed by atoms with Crippen LogP contribution in [0.1, 0.15) is 38.0 Å². The standard InChI is InChI=1S/C21H22ClNO3/c1-14-18(15-8-5-4-6-9-15)20(25)23(13-26-14)21(2,3)19(24)16-10-7-11-17(22)12-16/h4-12,19,24H,13H2,1-3H3. The van der Waals surface area contributed by atoms with Crippen molar-refractivity contribution in [3.8, 4) is 0 Å². The van der Waals surface area contributed by atoms with Gasteiger partial charge in [-0.3, -0.25) is 9.69 Å². The highest BCUT2D eigenvalue weighted by Gasteiger charge is 2.42. The van der Waals surface area contributed by atoms with Gasteiger partial charge in [0.05, 0.1) is 11.1 Å². The van der Waals surface area contributed by atoms with Crippen molar-refractivity contribution in [1.82, 2.24) is 4.90 Å². The molecule has 0 radical (unpaired) electrons. The van der Waals surface area contributed by atoms with Crippen LogP contribution in [0.2, 0.25) is 5.02 Å². The lowest BCUT2D eigenvalue weighted by atomic mass is 9.88. The molecular weight excluding hydrogens is 350 g/mol. The molecule has 136 valence electrons. The Morgan fingerprint density at radius 1 is 1.15 bits per heavy atom. The monoisotopic (exact) mass is 371 g/mol. The maximum Gasteiger partial charge on any atom is 0.261 e. The molecule has 26 heavy (non-hydrogen) atoms. The lowest BCUT2D eigenvalue weighted by molar-refractivity contribution is -0.146. The lowest BCUT2D eigenvalue weighted by Gasteiger charge is -2.44. The van der Waals surface area contributed by atoms with Crippen molar-refractivity contribution in [2.75, 3.05) is 6.73 Å². The van der Waals surface area contributed by atoms with E-state index in [2.05, 4.69) is 0 Å². The Kier molecular flexibility index (Phi) is 5.08. The molecule has 1 unspecified atom stereocenters. The number of benzene rings is 2. The van der Waals surface area contributed by atoms with E-state index in [-0.39, 0.29) is 12.6 Å². The van der Waals surface area contributed by atoms with Crippen LogP contribution in [0.5, 0.6) is 0 Å². The van der Waals surface area contributed by atoms with Gasteiger partial charge in [-0.1, -0.05) is 54.1 Å². The highest BCUT2D eigenvalue weighted by Crippen LogP contribution is 2.37. The van der Waals surface area contributed by atoms with E-state index < -0.39 is 11.6 Å².